The SMILES string of the molecule is COc1cc(/C=C2\SC(=O)N(Cc3cccc(Cl)c3)C2=O)ccc1OCc1ccc(I)cc1. The van der Waals surface area contributed by atoms with Crippen molar-refractivity contribution in [3.63, 3.8) is 0 Å². The van der Waals surface area contributed by atoms with Crippen molar-refractivity contribution in [2.75, 3.05) is 7.11 Å². The zero-order chi connectivity index (χ0) is 23.4. The van der Waals surface area contributed by atoms with Crippen LogP contribution in [0, 0.1) is 3.57 Å². The first-order chi connectivity index (χ1) is 15.9. The van der Waals surface area contributed by atoms with Gasteiger partial charge in [-0.15, -0.1) is 0 Å². The van der Waals surface area contributed by atoms with Crippen LogP contribution in [0.25, 0.3) is 6.08 Å². The van der Waals surface area contributed by atoms with E-state index in [1.54, 1.807) is 43.5 Å². The predicted molar refractivity (Wildman–Crippen MR) is 139 cm³/mol. The molecule has 3 aromatic rings. The van der Waals surface area contributed by atoms with Gasteiger partial charge < -0.3 is 9.47 Å². The Morgan fingerprint density at radius 2 is 1.79 bits per heavy atom. The summed E-state index contributed by atoms with van der Waals surface area (Å²) in [6, 6.07) is 20.6. The lowest BCUT2D eigenvalue weighted by atomic mass is 10.1. The van der Waals surface area contributed by atoms with Crippen LogP contribution in [-0.4, -0.2) is 23.2 Å². The molecule has 0 unspecified atom stereocenters. The van der Waals surface area contributed by atoms with Crippen LogP contribution in [0.5, 0.6) is 11.5 Å². The number of nitrogens with zero attached hydrogens (tertiary/aromatic N) is 1. The van der Waals surface area contributed by atoms with E-state index in [9.17, 15) is 9.59 Å². The number of carbonyl (C=O) groups excluding carboxylic acids is 2. The molecule has 3 aromatic carbocycles. The Bertz CT molecular complexity index is 1230. The van der Waals surface area contributed by atoms with Gasteiger partial charge in [-0.1, -0.05) is 41.9 Å². The van der Waals surface area contributed by atoms with Crippen LogP contribution < -0.4 is 9.47 Å². The van der Waals surface area contributed by atoms with Gasteiger partial charge in [-0.2, -0.15) is 0 Å². The largest absolute Gasteiger partial charge is 0.493 e. The number of amides is 2. The monoisotopic (exact) mass is 591 g/mol. The smallest absolute Gasteiger partial charge is 0.293 e. The van der Waals surface area contributed by atoms with E-state index in [1.165, 1.54) is 4.90 Å². The number of rotatable bonds is 7. The number of thioether (sulfide) groups is 1. The summed E-state index contributed by atoms with van der Waals surface area (Å²) in [4.78, 5) is 26.9. The quantitative estimate of drug-likeness (QED) is 0.224. The molecular formula is C25H19ClINO4S. The number of benzene rings is 3. The summed E-state index contributed by atoms with van der Waals surface area (Å²) in [7, 11) is 1.57. The molecule has 1 fully saturated rings. The van der Waals surface area contributed by atoms with E-state index in [-0.39, 0.29) is 17.7 Å². The lowest BCUT2D eigenvalue weighted by molar-refractivity contribution is -0.123. The van der Waals surface area contributed by atoms with Gasteiger partial charge in [-0.25, -0.2) is 0 Å². The Hall–Kier alpha value is -2.49. The topological polar surface area (TPSA) is 55.8 Å². The lowest BCUT2D eigenvalue weighted by Gasteiger charge is -2.13. The summed E-state index contributed by atoms with van der Waals surface area (Å²) in [5.74, 6) is 0.817. The number of carbonyl (C=O) groups is 2. The number of hydrogen-bond donors (Lipinski definition) is 0. The van der Waals surface area contributed by atoms with E-state index in [1.807, 2.05) is 36.4 Å². The number of ether oxygens (including phenoxy) is 2. The first-order valence-electron chi connectivity index (χ1n) is 9.98. The second-order valence-electron chi connectivity index (χ2n) is 7.22. The molecule has 1 heterocycles. The van der Waals surface area contributed by atoms with Gasteiger partial charge in [0.25, 0.3) is 11.1 Å². The molecular weight excluding hydrogens is 573 g/mol. The highest BCUT2D eigenvalue weighted by Crippen LogP contribution is 2.35. The van der Waals surface area contributed by atoms with Crippen molar-refractivity contribution in [1.82, 2.24) is 4.90 Å². The van der Waals surface area contributed by atoms with Crippen molar-refractivity contribution < 1.29 is 19.1 Å². The molecule has 2 amide bonds. The zero-order valence-corrected chi connectivity index (χ0v) is 21.3. The van der Waals surface area contributed by atoms with Gasteiger partial charge in [-0.05, 0) is 93.5 Å². The van der Waals surface area contributed by atoms with Gasteiger partial charge in [0.05, 0.1) is 18.6 Å². The van der Waals surface area contributed by atoms with Crippen LogP contribution in [0.4, 0.5) is 4.79 Å². The van der Waals surface area contributed by atoms with Crippen LogP contribution in [-0.2, 0) is 17.9 Å². The third-order valence-corrected chi connectivity index (χ3v) is 6.76. The number of imide groups is 1. The van der Waals surface area contributed by atoms with E-state index in [4.69, 9.17) is 21.1 Å². The maximum absolute atomic E-state index is 12.8. The minimum Gasteiger partial charge on any atom is -0.493 e. The van der Waals surface area contributed by atoms with Gasteiger partial charge in [0, 0.05) is 8.59 Å². The van der Waals surface area contributed by atoms with Crippen LogP contribution >= 0.6 is 46.0 Å². The third-order valence-electron chi connectivity index (χ3n) is 4.90. The predicted octanol–water partition coefficient (Wildman–Crippen LogP) is 6.77. The molecule has 1 aliphatic rings. The summed E-state index contributed by atoms with van der Waals surface area (Å²) < 4.78 is 12.6. The highest BCUT2D eigenvalue weighted by molar-refractivity contribution is 14.1. The van der Waals surface area contributed by atoms with E-state index in [2.05, 4.69) is 22.6 Å². The van der Waals surface area contributed by atoms with Crippen LogP contribution in [0.2, 0.25) is 5.02 Å². The average molecular weight is 592 g/mol. The van der Waals surface area contributed by atoms with E-state index < -0.39 is 0 Å². The number of methoxy groups -OCH3 is 1. The Morgan fingerprint density at radius 1 is 1.00 bits per heavy atom. The van der Waals surface area contributed by atoms with Crippen molar-refractivity contribution in [2.24, 2.45) is 0 Å². The lowest BCUT2D eigenvalue weighted by Crippen LogP contribution is -2.27. The van der Waals surface area contributed by atoms with Crippen LogP contribution in [0.15, 0.2) is 71.6 Å². The second-order valence-corrected chi connectivity index (χ2v) is 9.90. The molecule has 33 heavy (non-hydrogen) atoms. The molecule has 1 saturated heterocycles. The summed E-state index contributed by atoms with van der Waals surface area (Å²) in [5, 5.41) is 0.252. The fraction of sp³-hybridized carbons (Fsp3) is 0.120. The summed E-state index contributed by atoms with van der Waals surface area (Å²) in [6.45, 7) is 0.590. The Balaban J connectivity index is 1.48. The third kappa shape index (κ3) is 5.90. The second kappa shape index (κ2) is 10.6. The molecule has 4 rings (SSSR count). The molecule has 0 aliphatic carbocycles. The van der Waals surface area contributed by atoms with E-state index >= 15 is 0 Å². The van der Waals surface area contributed by atoms with Crippen molar-refractivity contribution in [3.8, 4) is 11.5 Å². The highest BCUT2D eigenvalue weighted by Gasteiger charge is 2.35. The average Bonchev–Trinajstić information content (AvgIpc) is 3.06. The van der Waals surface area contributed by atoms with Crippen molar-refractivity contribution in [1.29, 1.82) is 0 Å². The molecule has 0 bridgehead atoms. The summed E-state index contributed by atoms with van der Waals surface area (Å²) in [6.07, 6.45) is 1.69. The maximum atomic E-state index is 12.8. The van der Waals surface area contributed by atoms with Crippen molar-refractivity contribution >= 4 is 63.2 Å². The molecule has 8 heteroatoms. The maximum Gasteiger partial charge on any atom is 0.293 e. The molecule has 1 aliphatic heterocycles. The minimum absolute atomic E-state index is 0.178. The van der Waals surface area contributed by atoms with E-state index in [0.29, 0.717) is 28.0 Å². The fourth-order valence-corrected chi connectivity index (χ4v) is 4.65. The first kappa shape index (κ1) is 23.7. The van der Waals surface area contributed by atoms with Gasteiger partial charge in [0.2, 0.25) is 0 Å². The summed E-state index contributed by atoms with van der Waals surface area (Å²) in [5.41, 5.74) is 2.58. The molecule has 0 radical (unpaired) electrons. The molecule has 0 spiro atoms. The number of halogens is 2. The standard InChI is InChI=1S/C25H19ClINO4S/c1-31-22-12-17(7-10-21(22)32-15-16-5-8-20(27)9-6-16)13-23-24(29)28(25(30)33-23)14-18-3-2-4-19(26)11-18/h2-13H,14-15H2,1H3/b23-13-. The van der Waals surface area contributed by atoms with Crippen LogP contribution in [0.3, 0.4) is 0 Å². The molecule has 5 nitrogen and oxygen atoms in total. The van der Waals surface area contributed by atoms with Gasteiger partial charge in [-0.3, -0.25) is 14.5 Å². The molecule has 168 valence electrons. The van der Waals surface area contributed by atoms with Crippen molar-refractivity contribution in [2.45, 2.75) is 13.2 Å². The van der Waals surface area contributed by atoms with Gasteiger partial charge in [0.1, 0.15) is 6.61 Å². The molecule has 0 saturated carbocycles. The highest BCUT2D eigenvalue weighted by atomic mass is 127. The molecule has 0 atom stereocenters. The normalized spacial score (nSPS) is 14.8. The molecule has 0 aromatic heterocycles. The van der Waals surface area contributed by atoms with E-state index in [0.717, 1.165) is 32.0 Å². The van der Waals surface area contributed by atoms with Gasteiger partial charge >= 0.3 is 0 Å². The zero-order valence-electron chi connectivity index (χ0n) is 17.6. The first-order valence-corrected chi connectivity index (χ1v) is 12.3. The Kier molecular flexibility index (Phi) is 7.62. The fourth-order valence-electron chi connectivity index (χ4n) is 3.24. The van der Waals surface area contributed by atoms with Crippen molar-refractivity contribution in [3.05, 3.63) is 96.9 Å². The van der Waals surface area contributed by atoms with Crippen LogP contribution in [0.1, 0.15) is 16.7 Å². The summed E-state index contributed by atoms with van der Waals surface area (Å²) >= 11 is 9.20. The Labute approximate surface area is 214 Å². The Morgan fingerprint density at radius 3 is 2.52 bits per heavy atom. The van der Waals surface area contributed by atoms with Gasteiger partial charge in [0.15, 0.2) is 11.5 Å². The number of hydrogen-bond acceptors (Lipinski definition) is 5. The minimum atomic E-state index is -0.331. The molecule has 0 N–H and O–H groups in total.